The third kappa shape index (κ3) is 5.39. The third-order valence-corrected chi connectivity index (χ3v) is 3.17. The van der Waals surface area contributed by atoms with Gasteiger partial charge in [0.1, 0.15) is 5.75 Å². The number of halogens is 1. The Morgan fingerprint density at radius 1 is 1.35 bits per heavy atom. The van der Waals surface area contributed by atoms with Gasteiger partial charge in [-0.1, -0.05) is 25.4 Å². The van der Waals surface area contributed by atoms with Gasteiger partial charge < -0.3 is 15.4 Å². The van der Waals surface area contributed by atoms with Crippen LogP contribution in [0, 0.1) is 5.92 Å². The molecule has 4 nitrogen and oxygen atoms in total. The summed E-state index contributed by atoms with van der Waals surface area (Å²) in [6.45, 7) is 6.78. The molecule has 0 aromatic heterocycles. The number of carbonyl (C=O) groups is 1. The minimum atomic E-state index is -0.114. The number of amides is 1. The van der Waals surface area contributed by atoms with Crippen LogP contribution in [0.15, 0.2) is 18.2 Å². The number of carbonyl (C=O) groups excluding carboxylic acids is 1. The van der Waals surface area contributed by atoms with Gasteiger partial charge in [-0.25, -0.2) is 0 Å². The second-order valence-corrected chi connectivity index (χ2v) is 5.62. The molecule has 0 radical (unpaired) electrons. The predicted molar refractivity (Wildman–Crippen MR) is 82.3 cm³/mol. The average molecular weight is 299 g/mol. The average Bonchev–Trinajstić information content (AvgIpc) is 2.42. The molecule has 1 amide bonds. The minimum absolute atomic E-state index is 0.0117. The molecule has 20 heavy (non-hydrogen) atoms. The van der Waals surface area contributed by atoms with E-state index in [1.54, 1.807) is 12.1 Å². The second-order valence-electron chi connectivity index (χ2n) is 5.18. The lowest BCUT2D eigenvalue weighted by Gasteiger charge is -2.17. The third-order valence-electron chi connectivity index (χ3n) is 2.94. The summed E-state index contributed by atoms with van der Waals surface area (Å²) in [5.41, 5.74) is 0.941. The molecule has 0 heterocycles. The zero-order valence-electron chi connectivity index (χ0n) is 12.5. The highest BCUT2D eigenvalue weighted by Gasteiger charge is 2.12. The fourth-order valence-corrected chi connectivity index (χ4v) is 1.84. The van der Waals surface area contributed by atoms with Crippen molar-refractivity contribution in [3.05, 3.63) is 28.8 Å². The smallest absolute Gasteiger partial charge is 0.257 e. The Kier molecular flexibility index (Phi) is 6.82. The van der Waals surface area contributed by atoms with E-state index >= 15 is 0 Å². The van der Waals surface area contributed by atoms with E-state index in [2.05, 4.69) is 10.6 Å². The van der Waals surface area contributed by atoms with Crippen molar-refractivity contribution in [1.82, 2.24) is 10.6 Å². The van der Waals surface area contributed by atoms with E-state index in [4.69, 9.17) is 16.3 Å². The van der Waals surface area contributed by atoms with Crippen molar-refractivity contribution in [3.8, 4) is 5.75 Å². The first-order chi connectivity index (χ1) is 9.43. The molecule has 2 N–H and O–H groups in total. The molecule has 1 unspecified atom stereocenters. The fourth-order valence-electron chi connectivity index (χ4n) is 1.66. The van der Waals surface area contributed by atoms with Crippen molar-refractivity contribution >= 4 is 17.5 Å². The molecule has 0 spiro atoms. The lowest BCUT2D eigenvalue weighted by atomic mass is 10.1. The Bertz CT molecular complexity index is 449. The van der Waals surface area contributed by atoms with Crippen LogP contribution in [0.2, 0.25) is 5.02 Å². The summed E-state index contributed by atoms with van der Waals surface area (Å²) in [5.74, 6) is 0.988. The van der Waals surface area contributed by atoms with Gasteiger partial charge in [0, 0.05) is 23.2 Å². The molecule has 1 aromatic carbocycles. The summed E-state index contributed by atoms with van der Waals surface area (Å²) in [5, 5.41) is 6.61. The highest BCUT2D eigenvalue weighted by atomic mass is 35.5. The summed E-state index contributed by atoms with van der Waals surface area (Å²) in [6.07, 6.45) is 0. The Morgan fingerprint density at radius 3 is 2.65 bits per heavy atom. The molecule has 0 aliphatic carbocycles. The highest BCUT2D eigenvalue weighted by Crippen LogP contribution is 2.28. The van der Waals surface area contributed by atoms with Crippen LogP contribution in [0.3, 0.4) is 0 Å². The highest BCUT2D eigenvalue weighted by molar-refractivity contribution is 6.30. The SMILES string of the molecule is CNC(C)c1cc(Cl)ccc1OCC(=O)NCC(C)C. The summed E-state index contributed by atoms with van der Waals surface area (Å²) >= 11 is 6.00. The number of nitrogens with one attached hydrogen (secondary N) is 2. The molecule has 0 aliphatic heterocycles. The van der Waals surface area contributed by atoms with Crippen LogP contribution in [0.5, 0.6) is 5.75 Å². The fraction of sp³-hybridized carbons (Fsp3) is 0.533. The summed E-state index contributed by atoms with van der Waals surface area (Å²) in [7, 11) is 1.87. The zero-order chi connectivity index (χ0) is 15.1. The quantitative estimate of drug-likeness (QED) is 0.814. The first-order valence-corrected chi connectivity index (χ1v) is 7.18. The largest absolute Gasteiger partial charge is 0.483 e. The summed E-state index contributed by atoms with van der Waals surface area (Å²) in [6, 6.07) is 5.50. The van der Waals surface area contributed by atoms with Crippen LogP contribution in [-0.4, -0.2) is 26.1 Å². The predicted octanol–water partition coefficient (Wildman–Crippen LogP) is 2.77. The lowest BCUT2D eigenvalue weighted by Crippen LogP contribution is -2.32. The van der Waals surface area contributed by atoms with Crippen molar-refractivity contribution in [2.45, 2.75) is 26.8 Å². The molecular weight excluding hydrogens is 276 g/mol. The van der Waals surface area contributed by atoms with Gasteiger partial charge in [0.15, 0.2) is 6.61 Å². The van der Waals surface area contributed by atoms with Crippen LogP contribution in [-0.2, 0) is 4.79 Å². The first kappa shape index (κ1) is 16.8. The van der Waals surface area contributed by atoms with Gasteiger partial charge >= 0.3 is 0 Å². The lowest BCUT2D eigenvalue weighted by molar-refractivity contribution is -0.123. The molecule has 1 atom stereocenters. The van der Waals surface area contributed by atoms with Crippen molar-refractivity contribution in [1.29, 1.82) is 0 Å². The molecule has 5 heteroatoms. The van der Waals surface area contributed by atoms with Gasteiger partial charge in [-0.15, -0.1) is 0 Å². The minimum Gasteiger partial charge on any atom is -0.483 e. The molecule has 0 saturated carbocycles. The van der Waals surface area contributed by atoms with Gasteiger partial charge in [0.05, 0.1) is 0 Å². The topological polar surface area (TPSA) is 50.4 Å². The van der Waals surface area contributed by atoms with Crippen LogP contribution in [0.4, 0.5) is 0 Å². The van der Waals surface area contributed by atoms with Crippen molar-refractivity contribution in [2.24, 2.45) is 5.92 Å². The number of hydrogen-bond donors (Lipinski definition) is 2. The Balaban J connectivity index is 2.65. The van der Waals surface area contributed by atoms with Gasteiger partial charge in [0.25, 0.3) is 5.91 Å². The van der Waals surface area contributed by atoms with Gasteiger partial charge in [0.2, 0.25) is 0 Å². The van der Waals surface area contributed by atoms with Crippen LogP contribution in [0.25, 0.3) is 0 Å². The Morgan fingerprint density at radius 2 is 2.05 bits per heavy atom. The standard InChI is InChI=1S/C15H23ClN2O2/c1-10(2)8-18-15(19)9-20-14-6-5-12(16)7-13(14)11(3)17-4/h5-7,10-11,17H,8-9H2,1-4H3,(H,18,19). The van der Waals surface area contributed by atoms with E-state index in [1.807, 2.05) is 33.9 Å². The van der Waals surface area contributed by atoms with E-state index in [-0.39, 0.29) is 18.6 Å². The van der Waals surface area contributed by atoms with Gasteiger partial charge in [-0.05, 0) is 38.1 Å². The van der Waals surface area contributed by atoms with Crippen LogP contribution < -0.4 is 15.4 Å². The number of hydrogen-bond acceptors (Lipinski definition) is 3. The van der Waals surface area contributed by atoms with Crippen molar-refractivity contribution in [3.63, 3.8) is 0 Å². The van der Waals surface area contributed by atoms with Crippen LogP contribution >= 0.6 is 11.6 Å². The second kappa shape index (κ2) is 8.12. The van der Waals surface area contributed by atoms with E-state index in [0.717, 1.165) is 5.56 Å². The van der Waals surface area contributed by atoms with Crippen molar-refractivity contribution in [2.75, 3.05) is 20.2 Å². The maximum atomic E-state index is 11.7. The number of rotatable bonds is 7. The van der Waals surface area contributed by atoms with Crippen LogP contribution in [0.1, 0.15) is 32.4 Å². The van der Waals surface area contributed by atoms with Gasteiger partial charge in [-0.3, -0.25) is 4.79 Å². The van der Waals surface area contributed by atoms with E-state index < -0.39 is 0 Å². The van der Waals surface area contributed by atoms with Gasteiger partial charge in [-0.2, -0.15) is 0 Å². The Labute approximate surface area is 125 Å². The monoisotopic (exact) mass is 298 g/mol. The summed E-state index contributed by atoms with van der Waals surface area (Å²) in [4.78, 5) is 11.7. The molecule has 1 aromatic rings. The van der Waals surface area contributed by atoms with E-state index in [1.165, 1.54) is 0 Å². The first-order valence-electron chi connectivity index (χ1n) is 6.80. The normalized spacial score (nSPS) is 12.3. The number of benzene rings is 1. The molecule has 112 valence electrons. The number of ether oxygens (including phenoxy) is 1. The molecular formula is C15H23ClN2O2. The molecule has 0 fully saturated rings. The molecule has 1 rings (SSSR count). The maximum absolute atomic E-state index is 11.7. The van der Waals surface area contributed by atoms with E-state index in [0.29, 0.717) is 23.2 Å². The maximum Gasteiger partial charge on any atom is 0.257 e. The molecule has 0 bridgehead atoms. The Hall–Kier alpha value is -1.26. The summed E-state index contributed by atoms with van der Waals surface area (Å²) < 4.78 is 5.60. The molecule has 0 saturated heterocycles. The van der Waals surface area contributed by atoms with E-state index in [9.17, 15) is 4.79 Å². The van der Waals surface area contributed by atoms with Crippen molar-refractivity contribution < 1.29 is 9.53 Å². The molecule has 0 aliphatic rings. The zero-order valence-corrected chi connectivity index (χ0v) is 13.3.